The van der Waals surface area contributed by atoms with E-state index in [-0.39, 0.29) is 23.3 Å². The van der Waals surface area contributed by atoms with Crippen molar-refractivity contribution in [2.75, 3.05) is 0 Å². The van der Waals surface area contributed by atoms with Crippen LogP contribution in [-0.4, -0.2) is 45.9 Å². The van der Waals surface area contributed by atoms with Gasteiger partial charge >= 0.3 is 0 Å². The molecule has 6 heterocycles. The normalized spacial score (nSPS) is 11.3. The van der Waals surface area contributed by atoms with E-state index in [2.05, 4.69) is 35.1 Å². The predicted molar refractivity (Wildman–Crippen MR) is 148 cm³/mol. The SMILES string of the molecule is O=C(Cc1cncc(-c2ncc3[nH]nc(-c4nc5c(-c6ccncc6)cncc5[nH]4)c3c2F)c1)c1ccccc1. The highest BCUT2D eigenvalue weighted by Crippen LogP contribution is 2.34. The number of pyridine rings is 4. The van der Waals surface area contributed by atoms with Crippen LogP contribution in [0.1, 0.15) is 15.9 Å². The summed E-state index contributed by atoms with van der Waals surface area (Å²) in [6.45, 7) is 0. The van der Waals surface area contributed by atoms with Crippen LogP contribution in [-0.2, 0) is 6.42 Å². The van der Waals surface area contributed by atoms with Crippen LogP contribution < -0.4 is 0 Å². The van der Waals surface area contributed by atoms with Crippen LogP contribution in [0.4, 0.5) is 4.39 Å². The van der Waals surface area contributed by atoms with Crippen molar-refractivity contribution in [2.45, 2.75) is 6.42 Å². The second kappa shape index (κ2) is 9.59. The molecule has 0 radical (unpaired) electrons. The molecule has 7 rings (SSSR count). The highest BCUT2D eigenvalue weighted by molar-refractivity contribution is 5.99. The molecule has 0 bridgehead atoms. The fourth-order valence-corrected chi connectivity index (χ4v) is 4.76. The molecule has 0 aliphatic heterocycles. The Labute approximate surface area is 226 Å². The van der Waals surface area contributed by atoms with Gasteiger partial charge in [-0.3, -0.25) is 29.8 Å². The second-order valence-electron chi connectivity index (χ2n) is 9.23. The van der Waals surface area contributed by atoms with Crippen LogP contribution in [0, 0.1) is 5.82 Å². The molecular formula is C30H19FN8O. The van der Waals surface area contributed by atoms with Crippen LogP contribution in [0.25, 0.3) is 55.8 Å². The average Bonchev–Trinajstić information content (AvgIpc) is 3.63. The lowest BCUT2D eigenvalue weighted by Crippen LogP contribution is -2.04. The third-order valence-electron chi connectivity index (χ3n) is 6.68. The molecule has 0 aliphatic rings. The molecular weight excluding hydrogens is 507 g/mol. The molecule has 0 unspecified atom stereocenters. The van der Waals surface area contributed by atoms with E-state index in [1.54, 1.807) is 49.2 Å². The first kappa shape index (κ1) is 23.5. The number of Topliss-reactive ketones (excluding diaryl/α,β-unsaturated/α-hetero) is 1. The molecule has 40 heavy (non-hydrogen) atoms. The maximum absolute atomic E-state index is 16.1. The summed E-state index contributed by atoms with van der Waals surface area (Å²) in [5, 5.41) is 7.46. The number of aromatic nitrogens is 8. The minimum absolute atomic E-state index is 0.0499. The molecule has 2 N–H and O–H groups in total. The number of rotatable bonds is 6. The Hall–Kier alpha value is -5.64. The van der Waals surface area contributed by atoms with Crippen LogP contribution in [0.5, 0.6) is 0 Å². The molecule has 0 saturated heterocycles. The highest BCUT2D eigenvalue weighted by atomic mass is 19.1. The van der Waals surface area contributed by atoms with E-state index >= 15 is 4.39 Å². The summed E-state index contributed by atoms with van der Waals surface area (Å²) >= 11 is 0. The number of ketones is 1. The standard InChI is InChI=1S/C30H19FN8O/c31-26-25-22(16-35-27(26)20-10-17(12-33-13-20)11-24(40)19-4-2-1-3-5-19)38-39-29(25)30-36-23-15-34-14-21(28(23)37-30)18-6-8-32-9-7-18/h1-10,12-16H,11H2,(H,36,37)(H,38,39). The van der Waals surface area contributed by atoms with Crippen molar-refractivity contribution in [3.8, 4) is 33.9 Å². The number of H-pyrrole nitrogens is 2. The van der Waals surface area contributed by atoms with E-state index < -0.39 is 5.82 Å². The van der Waals surface area contributed by atoms with Gasteiger partial charge in [0.05, 0.1) is 34.3 Å². The largest absolute Gasteiger partial charge is 0.335 e. The number of carbonyl (C=O) groups excluding carboxylic acids is 1. The lowest BCUT2D eigenvalue weighted by molar-refractivity contribution is 0.0993. The van der Waals surface area contributed by atoms with Gasteiger partial charge in [-0.1, -0.05) is 30.3 Å². The highest BCUT2D eigenvalue weighted by Gasteiger charge is 2.21. The van der Waals surface area contributed by atoms with Gasteiger partial charge in [0.2, 0.25) is 0 Å². The number of hydrogen-bond acceptors (Lipinski definition) is 7. The summed E-state index contributed by atoms with van der Waals surface area (Å²) in [7, 11) is 0. The lowest BCUT2D eigenvalue weighted by Gasteiger charge is -2.06. The van der Waals surface area contributed by atoms with Gasteiger partial charge in [0.1, 0.15) is 11.4 Å². The molecule has 9 nitrogen and oxygen atoms in total. The van der Waals surface area contributed by atoms with Crippen molar-refractivity contribution in [2.24, 2.45) is 0 Å². The molecule has 0 amide bonds. The van der Waals surface area contributed by atoms with E-state index in [0.717, 1.165) is 11.1 Å². The predicted octanol–water partition coefficient (Wildman–Crippen LogP) is 5.58. The number of aromatic amines is 2. The van der Waals surface area contributed by atoms with Crippen LogP contribution in [0.2, 0.25) is 0 Å². The fourth-order valence-electron chi connectivity index (χ4n) is 4.76. The molecule has 0 saturated carbocycles. The van der Waals surface area contributed by atoms with Crippen molar-refractivity contribution < 1.29 is 9.18 Å². The summed E-state index contributed by atoms with van der Waals surface area (Å²) in [5.41, 5.74) is 5.67. The number of nitrogens with zero attached hydrogens (tertiary/aromatic N) is 6. The van der Waals surface area contributed by atoms with E-state index in [9.17, 15) is 4.79 Å². The van der Waals surface area contributed by atoms with Crippen LogP contribution in [0.3, 0.4) is 0 Å². The number of halogens is 1. The van der Waals surface area contributed by atoms with Crippen LogP contribution >= 0.6 is 0 Å². The van der Waals surface area contributed by atoms with Gasteiger partial charge in [-0.15, -0.1) is 0 Å². The minimum Gasteiger partial charge on any atom is -0.335 e. The molecule has 10 heteroatoms. The maximum atomic E-state index is 16.1. The Morgan fingerprint density at radius 2 is 1.65 bits per heavy atom. The lowest BCUT2D eigenvalue weighted by atomic mass is 10.0. The Bertz CT molecular complexity index is 2020. The summed E-state index contributed by atoms with van der Waals surface area (Å²) in [6.07, 6.45) is 11.6. The zero-order valence-corrected chi connectivity index (χ0v) is 20.8. The van der Waals surface area contributed by atoms with E-state index in [1.165, 1.54) is 12.4 Å². The van der Waals surface area contributed by atoms with Crippen molar-refractivity contribution in [3.63, 3.8) is 0 Å². The Morgan fingerprint density at radius 3 is 2.50 bits per heavy atom. The third-order valence-corrected chi connectivity index (χ3v) is 6.68. The quantitative estimate of drug-likeness (QED) is 0.271. The van der Waals surface area contributed by atoms with Gasteiger partial charge in [0.15, 0.2) is 17.4 Å². The summed E-state index contributed by atoms with van der Waals surface area (Å²) in [5.74, 6) is -0.227. The van der Waals surface area contributed by atoms with Crippen molar-refractivity contribution in [1.29, 1.82) is 0 Å². The minimum atomic E-state index is -0.567. The van der Waals surface area contributed by atoms with Crippen LogP contribution in [0.15, 0.2) is 91.9 Å². The van der Waals surface area contributed by atoms with Gasteiger partial charge < -0.3 is 4.98 Å². The van der Waals surface area contributed by atoms with E-state index in [1.807, 2.05) is 30.3 Å². The molecule has 1 aromatic carbocycles. The number of hydrogen-bond donors (Lipinski definition) is 2. The average molecular weight is 527 g/mol. The van der Waals surface area contributed by atoms with E-state index in [0.29, 0.717) is 44.8 Å². The zero-order chi connectivity index (χ0) is 27.1. The number of nitrogens with one attached hydrogen (secondary N) is 2. The first-order valence-corrected chi connectivity index (χ1v) is 12.5. The first-order chi connectivity index (χ1) is 19.7. The summed E-state index contributed by atoms with van der Waals surface area (Å²) in [4.78, 5) is 37.7. The molecule has 0 fully saturated rings. The molecule has 192 valence electrons. The number of fused-ring (bicyclic) bond motifs is 2. The zero-order valence-electron chi connectivity index (χ0n) is 20.8. The van der Waals surface area contributed by atoms with Gasteiger partial charge in [0.25, 0.3) is 0 Å². The number of benzene rings is 1. The molecule has 6 aromatic heterocycles. The van der Waals surface area contributed by atoms with Gasteiger partial charge in [-0.2, -0.15) is 5.10 Å². The monoisotopic (exact) mass is 526 g/mol. The van der Waals surface area contributed by atoms with Gasteiger partial charge in [-0.25, -0.2) is 9.37 Å². The molecule has 0 spiro atoms. The van der Waals surface area contributed by atoms with Crippen molar-refractivity contribution in [3.05, 3.63) is 109 Å². The second-order valence-corrected chi connectivity index (χ2v) is 9.23. The molecule has 0 aliphatic carbocycles. The van der Waals surface area contributed by atoms with Gasteiger partial charge in [0, 0.05) is 54.1 Å². The van der Waals surface area contributed by atoms with Gasteiger partial charge in [-0.05, 0) is 29.3 Å². The smallest absolute Gasteiger partial charge is 0.167 e. The Balaban J connectivity index is 1.29. The number of imidazole rings is 1. The third kappa shape index (κ3) is 4.08. The first-order valence-electron chi connectivity index (χ1n) is 12.5. The van der Waals surface area contributed by atoms with E-state index in [4.69, 9.17) is 4.98 Å². The maximum Gasteiger partial charge on any atom is 0.167 e. The summed E-state index contributed by atoms with van der Waals surface area (Å²) in [6, 6.07) is 14.5. The Morgan fingerprint density at radius 1 is 0.825 bits per heavy atom. The summed E-state index contributed by atoms with van der Waals surface area (Å²) < 4.78 is 16.1. The fraction of sp³-hybridized carbons (Fsp3) is 0.0333. The number of carbonyl (C=O) groups is 1. The molecule has 7 aromatic rings. The van der Waals surface area contributed by atoms with Crippen molar-refractivity contribution >= 4 is 27.7 Å². The molecule has 0 atom stereocenters. The Kier molecular flexibility index (Phi) is 5.63. The van der Waals surface area contributed by atoms with Crippen molar-refractivity contribution in [1.82, 2.24) is 40.1 Å². The topological polar surface area (TPSA) is 126 Å².